The Morgan fingerprint density at radius 1 is 1.31 bits per heavy atom. The highest BCUT2D eigenvalue weighted by Gasteiger charge is 2.26. The molecular formula is C18H22N2O4S2. The Balaban J connectivity index is 1.55. The molecule has 1 N–H and O–H groups in total. The van der Waals surface area contributed by atoms with Gasteiger partial charge < -0.3 is 10.1 Å². The van der Waals surface area contributed by atoms with Crippen molar-refractivity contribution >= 4 is 27.3 Å². The van der Waals surface area contributed by atoms with Crippen molar-refractivity contribution in [1.29, 1.82) is 0 Å². The third kappa shape index (κ3) is 5.06. The van der Waals surface area contributed by atoms with Crippen molar-refractivity contribution in [3.8, 4) is 5.75 Å². The van der Waals surface area contributed by atoms with Crippen molar-refractivity contribution in [3.05, 3.63) is 52.2 Å². The van der Waals surface area contributed by atoms with Gasteiger partial charge in [-0.15, -0.1) is 0 Å². The number of sulfonamides is 1. The zero-order valence-corrected chi connectivity index (χ0v) is 16.2. The molecule has 140 valence electrons. The molecule has 1 amide bonds. The van der Waals surface area contributed by atoms with E-state index in [1.165, 1.54) is 10.6 Å². The molecule has 0 bridgehead atoms. The minimum absolute atomic E-state index is 0.0443. The van der Waals surface area contributed by atoms with Crippen LogP contribution in [0.4, 0.5) is 0 Å². The lowest BCUT2D eigenvalue weighted by atomic mass is 10.1. The van der Waals surface area contributed by atoms with Gasteiger partial charge in [-0.05, 0) is 53.4 Å². The molecule has 0 spiro atoms. The molecule has 26 heavy (non-hydrogen) atoms. The highest BCUT2D eigenvalue weighted by molar-refractivity contribution is 7.88. The largest absolute Gasteiger partial charge is 0.490 e. The van der Waals surface area contributed by atoms with Crippen molar-refractivity contribution in [2.45, 2.75) is 25.5 Å². The van der Waals surface area contributed by atoms with Crippen LogP contribution < -0.4 is 10.1 Å². The maximum Gasteiger partial charge on any atom is 0.251 e. The Hall–Kier alpha value is -1.90. The van der Waals surface area contributed by atoms with E-state index in [2.05, 4.69) is 5.32 Å². The van der Waals surface area contributed by atoms with E-state index >= 15 is 0 Å². The number of rotatable bonds is 6. The van der Waals surface area contributed by atoms with Crippen molar-refractivity contribution in [2.24, 2.45) is 0 Å². The number of nitrogens with one attached hydrogen (secondary N) is 1. The number of thiophene rings is 1. The summed E-state index contributed by atoms with van der Waals surface area (Å²) in [5.74, 6) is 0.486. The van der Waals surface area contributed by atoms with Crippen molar-refractivity contribution < 1.29 is 17.9 Å². The molecule has 0 unspecified atom stereocenters. The van der Waals surface area contributed by atoms with Crippen LogP contribution in [0.2, 0.25) is 0 Å². The molecule has 2 aromatic rings. The maximum atomic E-state index is 12.3. The normalized spacial score (nSPS) is 16.3. The summed E-state index contributed by atoms with van der Waals surface area (Å²) in [4.78, 5) is 12.3. The van der Waals surface area contributed by atoms with Gasteiger partial charge in [0.1, 0.15) is 11.9 Å². The second kappa shape index (κ2) is 8.20. The summed E-state index contributed by atoms with van der Waals surface area (Å²) in [7, 11) is -3.14. The Kier molecular flexibility index (Phi) is 5.95. The van der Waals surface area contributed by atoms with Gasteiger partial charge in [0.15, 0.2) is 0 Å². The zero-order valence-electron chi connectivity index (χ0n) is 14.6. The van der Waals surface area contributed by atoms with Gasteiger partial charge in [-0.25, -0.2) is 12.7 Å². The molecular weight excluding hydrogens is 372 g/mol. The predicted octanol–water partition coefficient (Wildman–Crippen LogP) is 2.48. The average Bonchev–Trinajstić information content (AvgIpc) is 3.13. The minimum Gasteiger partial charge on any atom is -0.490 e. The fourth-order valence-electron chi connectivity index (χ4n) is 2.86. The maximum absolute atomic E-state index is 12.3. The molecule has 0 radical (unpaired) electrons. The number of amides is 1. The lowest BCUT2D eigenvalue weighted by Crippen LogP contribution is -2.41. The van der Waals surface area contributed by atoms with Crippen LogP contribution in [-0.2, 0) is 16.6 Å². The first-order valence-corrected chi connectivity index (χ1v) is 11.2. The highest BCUT2D eigenvalue weighted by atomic mass is 32.2. The number of nitrogens with zero attached hydrogens (tertiary/aromatic N) is 1. The second-order valence-corrected chi connectivity index (χ2v) is 9.08. The van der Waals surface area contributed by atoms with Crippen LogP contribution >= 0.6 is 11.3 Å². The number of hydrogen-bond acceptors (Lipinski definition) is 5. The van der Waals surface area contributed by atoms with E-state index in [1.54, 1.807) is 29.5 Å². The Morgan fingerprint density at radius 3 is 2.73 bits per heavy atom. The zero-order chi connectivity index (χ0) is 18.6. The van der Waals surface area contributed by atoms with Crippen LogP contribution in [0.25, 0.3) is 0 Å². The minimum atomic E-state index is -3.14. The molecule has 1 fully saturated rings. The lowest BCUT2D eigenvalue weighted by molar-refractivity contribution is 0.0949. The summed E-state index contributed by atoms with van der Waals surface area (Å²) < 4.78 is 30.5. The van der Waals surface area contributed by atoms with E-state index in [-0.39, 0.29) is 12.0 Å². The number of hydrogen-bond donors (Lipinski definition) is 1. The molecule has 0 aliphatic carbocycles. The predicted molar refractivity (Wildman–Crippen MR) is 102 cm³/mol. The molecule has 1 saturated heterocycles. The van der Waals surface area contributed by atoms with Crippen LogP contribution in [0.15, 0.2) is 41.1 Å². The van der Waals surface area contributed by atoms with Gasteiger partial charge in [-0.1, -0.05) is 6.07 Å². The summed E-state index contributed by atoms with van der Waals surface area (Å²) >= 11 is 1.60. The standard InChI is InChI=1S/C18H22N2O4S2/c1-26(22,23)20-8-5-16(6-9-20)24-17-4-2-3-15(11-17)18(21)19-12-14-7-10-25-13-14/h2-4,7,10-11,13,16H,5-6,8-9,12H2,1H3,(H,19,21). The molecule has 1 aliphatic heterocycles. The molecule has 1 aromatic heterocycles. The molecule has 0 saturated carbocycles. The first-order valence-electron chi connectivity index (χ1n) is 8.43. The summed E-state index contributed by atoms with van der Waals surface area (Å²) in [6.45, 7) is 1.42. The van der Waals surface area contributed by atoms with Gasteiger partial charge in [-0.2, -0.15) is 11.3 Å². The lowest BCUT2D eigenvalue weighted by Gasteiger charge is -2.30. The van der Waals surface area contributed by atoms with Gasteiger partial charge in [0, 0.05) is 25.2 Å². The van der Waals surface area contributed by atoms with Crippen molar-refractivity contribution in [3.63, 3.8) is 0 Å². The highest BCUT2D eigenvalue weighted by Crippen LogP contribution is 2.21. The summed E-state index contributed by atoms with van der Waals surface area (Å²) in [6, 6.07) is 9.07. The molecule has 3 rings (SSSR count). The monoisotopic (exact) mass is 394 g/mol. The van der Waals surface area contributed by atoms with Crippen LogP contribution in [0, 0.1) is 0 Å². The van der Waals surface area contributed by atoms with E-state index in [0.29, 0.717) is 43.8 Å². The first-order chi connectivity index (χ1) is 12.4. The van der Waals surface area contributed by atoms with E-state index < -0.39 is 10.0 Å². The topological polar surface area (TPSA) is 75.7 Å². The fraction of sp³-hybridized carbons (Fsp3) is 0.389. The van der Waals surface area contributed by atoms with Gasteiger partial charge >= 0.3 is 0 Å². The number of carbonyl (C=O) groups excluding carboxylic acids is 1. The Bertz CT molecular complexity index is 842. The average molecular weight is 395 g/mol. The number of piperidine rings is 1. The van der Waals surface area contributed by atoms with Crippen LogP contribution in [0.5, 0.6) is 5.75 Å². The van der Waals surface area contributed by atoms with E-state index in [0.717, 1.165) is 5.56 Å². The molecule has 1 aliphatic rings. The van der Waals surface area contributed by atoms with Crippen LogP contribution in [-0.4, -0.2) is 44.1 Å². The van der Waals surface area contributed by atoms with E-state index in [4.69, 9.17) is 4.74 Å². The van der Waals surface area contributed by atoms with Gasteiger partial charge in [-0.3, -0.25) is 4.79 Å². The summed E-state index contributed by atoms with van der Waals surface area (Å²) in [5, 5.41) is 6.87. The summed E-state index contributed by atoms with van der Waals surface area (Å²) in [6.07, 6.45) is 2.47. The van der Waals surface area contributed by atoms with Crippen LogP contribution in [0.1, 0.15) is 28.8 Å². The molecule has 2 heterocycles. The first kappa shape index (κ1) is 18.9. The van der Waals surface area contributed by atoms with Crippen molar-refractivity contribution in [2.75, 3.05) is 19.3 Å². The SMILES string of the molecule is CS(=O)(=O)N1CCC(Oc2cccc(C(=O)NCc3ccsc3)c2)CC1. The van der Waals surface area contributed by atoms with Gasteiger partial charge in [0.25, 0.3) is 5.91 Å². The summed E-state index contributed by atoms with van der Waals surface area (Å²) in [5.41, 5.74) is 1.62. The van der Waals surface area contributed by atoms with Gasteiger partial charge in [0.05, 0.1) is 6.26 Å². The number of carbonyl (C=O) groups is 1. The van der Waals surface area contributed by atoms with Crippen molar-refractivity contribution in [1.82, 2.24) is 9.62 Å². The van der Waals surface area contributed by atoms with E-state index in [1.807, 2.05) is 22.9 Å². The Morgan fingerprint density at radius 2 is 2.08 bits per heavy atom. The number of benzene rings is 1. The second-order valence-electron chi connectivity index (χ2n) is 6.32. The Labute approximate surface area is 157 Å². The quantitative estimate of drug-likeness (QED) is 0.817. The number of ether oxygens (including phenoxy) is 1. The third-order valence-corrected chi connectivity index (χ3v) is 6.34. The molecule has 0 atom stereocenters. The van der Waals surface area contributed by atoms with Crippen LogP contribution in [0.3, 0.4) is 0 Å². The van der Waals surface area contributed by atoms with Gasteiger partial charge in [0.2, 0.25) is 10.0 Å². The van der Waals surface area contributed by atoms with E-state index in [9.17, 15) is 13.2 Å². The molecule has 6 nitrogen and oxygen atoms in total. The smallest absolute Gasteiger partial charge is 0.251 e. The third-order valence-electron chi connectivity index (χ3n) is 4.30. The fourth-order valence-corrected chi connectivity index (χ4v) is 4.41. The molecule has 8 heteroatoms. The molecule has 1 aromatic carbocycles.